The summed E-state index contributed by atoms with van der Waals surface area (Å²) in [5, 5.41) is 19.9. The Balaban J connectivity index is 1.65. The van der Waals surface area contributed by atoms with Crippen molar-refractivity contribution in [2.45, 2.75) is 31.8 Å². The van der Waals surface area contributed by atoms with Crippen molar-refractivity contribution in [3.8, 4) is 0 Å². The molecule has 9 heteroatoms. The molecule has 0 bridgehead atoms. The summed E-state index contributed by atoms with van der Waals surface area (Å²) in [5.41, 5.74) is -0.135. The third-order valence-corrected chi connectivity index (χ3v) is 3.71. The highest BCUT2D eigenvalue weighted by Crippen LogP contribution is 2.33. The molecular formula is C13H16F3N5O. The lowest BCUT2D eigenvalue weighted by Crippen LogP contribution is -2.38. The Hall–Kier alpha value is -1.87. The number of rotatable bonds is 4. The van der Waals surface area contributed by atoms with Gasteiger partial charge in [-0.2, -0.15) is 23.4 Å². The second kappa shape index (κ2) is 5.73. The topological polar surface area (TPSA) is 70.0 Å². The molecule has 2 aromatic rings. The van der Waals surface area contributed by atoms with Gasteiger partial charge in [-0.05, 0) is 6.07 Å². The molecule has 22 heavy (non-hydrogen) atoms. The quantitative estimate of drug-likeness (QED) is 0.885. The first-order valence-electron chi connectivity index (χ1n) is 6.94. The molecule has 6 nitrogen and oxygen atoms in total. The minimum atomic E-state index is -4.46. The Morgan fingerprint density at radius 2 is 2.18 bits per heavy atom. The summed E-state index contributed by atoms with van der Waals surface area (Å²) in [6.45, 7) is 1.33. The lowest BCUT2D eigenvalue weighted by atomic mass is 10.0. The summed E-state index contributed by atoms with van der Waals surface area (Å²) < 4.78 is 40.3. The standard InChI is InChI=1S/C13H16F3N5O/c14-13(15,16)12-10-8-20(5-2-11(10)18-19-12)6-9(22)7-21-4-1-3-17-21/h1,3-4,9,22H,2,5-8H2,(H,18,19). The molecule has 0 radical (unpaired) electrons. The molecule has 120 valence electrons. The molecule has 1 aliphatic rings. The zero-order valence-corrected chi connectivity index (χ0v) is 11.7. The van der Waals surface area contributed by atoms with Crippen molar-refractivity contribution in [2.24, 2.45) is 0 Å². The van der Waals surface area contributed by atoms with E-state index in [2.05, 4.69) is 15.3 Å². The van der Waals surface area contributed by atoms with E-state index in [9.17, 15) is 18.3 Å². The van der Waals surface area contributed by atoms with Gasteiger partial charge >= 0.3 is 6.18 Å². The summed E-state index contributed by atoms with van der Waals surface area (Å²) in [7, 11) is 0. The van der Waals surface area contributed by atoms with Crippen molar-refractivity contribution in [1.82, 2.24) is 24.9 Å². The lowest BCUT2D eigenvalue weighted by molar-refractivity contribution is -0.142. The van der Waals surface area contributed by atoms with Crippen LogP contribution in [0.1, 0.15) is 17.0 Å². The van der Waals surface area contributed by atoms with Crippen molar-refractivity contribution < 1.29 is 18.3 Å². The number of nitrogens with zero attached hydrogens (tertiary/aromatic N) is 4. The van der Waals surface area contributed by atoms with Gasteiger partial charge in [-0.15, -0.1) is 0 Å². The summed E-state index contributed by atoms with van der Waals surface area (Å²) in [5.74, 6) is 0. The van der Waals surface area contributed by atoms with Crippen LogP contribution >= 0.6 is 0 Å². The number of β-amino-alcohol motifs (C(OH)–C–C–N with tert-alkyl or cyclic N) is 1. The van der Waals surface area contributed by atoms with Crippen LogP contribution in [0, 0.1) is 0 Å². The predicted octanol–water partition coefficient (Wildman–Crippen LogP) is 1.04. The molecule has 0 spiro atoms. The third kappa shape index (κ3) is 3.14. The van der Waals surface area contributed by atoms with Crippen molar-refractivity contribution in [3.63, 3.8) is 0 Å². The van der Waals surface area contributed by atoms with Gasteiger partial charge in [0, 0.05) is 49.7 Å². The second-order valence-corrected chi connectivity index (χ2v) is 5.39. The fourth-order valence-electron chi connectivity index (χ4n) is 2.72. The molecule has 2 aromatic heterocycles. The van der Waals surface area contributed by atoms with Crippen LogP contribution in [0.4, 0.5) is 13.2 Å². The van der Waals surface area contributed by atoms with Gasteiger partial charge in [0.25, 0.3) is 0 Å². The molecule has 0 saturated carbocycles. The molecule has 0 amide bonds. The smallest absolute Gasteiger partial charge is 0.390 e. The second-order valence-electron chi connectivity index (χ2n) is 5.39. The predicted molar refractivity (Wildman–Crippen MR) is 70.8 cm³/mol. The monoisotopic (exact) mass is 315 g/mol. The average molecular weight is 315 g/mol. The van der Waals surface area contributed by atoms with E-state index in [-0.39, 0.29) is 12.1 Å². The molecular weight excluding hydrogens is 299 g/mol. The van der Waals surface area contributed by atoms with Crippen LogP contribution < -0.4 is 0 Å². The minimum Gasteiger partial charge on any atom is -0.390 e. The van der Waals surface area contributed by atoms with Crippen LogP contribution in [0.5, 0.6) is 0 Å². The molecule has 0 fully saturated rings. The fraction of sp³-hybridized carbons (Fsp3) is 0.538. The zero-order chi connectivity index (χ0) is 15.7. The summed E-state index contributed by atoms with van der Waals surface area (Å²) >= 11 is 0. The highest BCUT2D eigenvalue weighted by molar-refractivity contribution is 5.29. The zero-order valence-electron chi connectivity index (χ0n) is 11.7. The van der Waals surface area contributed by atoms with Crippen LogP contribution in [-0.2, 0) is 25.7 Å². The Morgan fingerprint density at radius 3 is 2.86 bits per heavy atom. The molecule has 1 unspecified atom stereocenters. The average Bonchev–Trinajstić information content (AvgIpc) is 3.06. The highest BCUT2D eigenvalue weighted by Gasteiger charge is 2.39. The summed E-state index contributed by atoms with van der Waals surface area (Å²) in [4.78, 5) is 1.81. The van der Waals surface area contributed by atoms with Crippen LogP contribution in [0.2, 0.25) is 0 Å². The number of hydrogen-bond donors (Lipinski definition) is 2. The molecule has 0 aromatic carbocycles. The van der Waals surface area contributed by atoms with E-state index in [1.54, 1.807) is 28.0 Å². The SMILES string of the molecule is OC(CN1CCc2[nH]nc(C(F)(F)F)c2C1)Cn1cccn1. The van der Waals surface area contributed by atoms with Crippen molar-refractivity contribution in [2.75, 3.05) is 13.1 Å². The molecule has 0 aliphatic carbocycles. The van der Waals surface area contributed by atoms with Gasteiger partial charge in [-0.3, -0.25) is 14.7 Å². The van der Waals surface area contributed by atoms with Crippen molar-refractivity contribution in [1.29, 1.82) is 0 Å². The van der Waals surface area contributed by atoms with Crippen molar-refractivity contribution >= 4 is 0 Å². The number of nitrogens with one attached hydrogen (secondary N) is 1. The highest BCUT2D eigenvalue weighted by atomic mass is 19.4. The fourth-order valence-corrected chi connectivity index (χ4v) is 2.72. The minimum absolute atomic E-state index is 0.136. The van der Waals surface area contributed by atoms with E-state index in [1.165, 1.54) is 0 Å². The van der Waals surface area contributed by atoms with Crippen LogP contribution in [0.15, 0.2) is 18.5 Å². The maximum atomic E-state index is 12.9. The van der Waals surface area contributed by atoms with E-state index in [1.807, 2.05) is 0 Å². The van der Waals surface area contributed by atoms with E-state index >= 15 is 0 Å². The maximum Gasteiger partial charge on any atom is 0.435 e. The summed E-state index contributed by atoms with van der Waals surface area (Å²) in [6, 6.07) is 1.75. The van der Waals surface area contributed by atoms with E-state index < -0.39 is 18.0 Å². The molecule has 0 saturated heterocycles. The van der Waals surface area contributed by atoms with E-state index in [0.717, 1.165) is 0 Å². The van der Waals surface area contributed by atoms with Gasteiger partial charge < -0.3 is 5.11 Å². The number of halogens is 3. The van der Waals surface area contributed by atoms with Gasteiger partial charge in [0.05, 0.1) is 12.6 Å². The number of fused-ring (bicyclic) bond motifs is 1. The van der Waals surface area contributed by atoms with Crippen LogP contribution in [0.25, 0.3) is 0 Å². The van der Waals surface area contributed by atoms with E-state index in [4.69, 9.17) is 0 Å². The molecule has 1 aliphatic heterocycles. The maximum absolute atomic E-state index is 12.9. The van der Waals surface area contributed by atoms with Gasteiger partial charge in [0.15, 0.2) is 5.69 Å². The molecule has 3 heterocycles. The first-order chi connectivity index (χ1) is 10.4. The normalized spacial score (nSPS) is 17.5. The first kappa shape index (κ1) is 15.0. The van der Waals surface area contributed by atoms with Crippen molar-refractivity contribution in [3.05, 3.63) is 35.4 Å². The van der Waals surface area contributed by atoms with E-state index in [0.29, 0.717) is 31.7 Å². The Kier molecular flexibility index (Phi) is 3.92. The number of aromatic nitrogens is 4. The Morgan fingerprint density at radius 1 is 1.36 bits per heavy atom. The number of aromatic amines is 1. The van der Waals surface area contributed by atoms with Gasteiger partial charge in [-0.1, -0.05) is 0 Å². The number of aliphatic hydroxyl groups is 1. The van der Waals surface area contributed by atoms with Gasteiger partial charge in [0.2, 0.25) is 0 Å². The largest absolute Gasteiger partial charge is 0.435 e. The third-order valence-electron chi connectivity index (χ3n) is 3.71. The number of alkyl halides is 3. The summed E-state index contributed by atoms with van der Waals surface area (Å²) in [6.07, 6.45) is -1.34. The molecule has 3 rings (SSSR count). The lowest BCUT2D eigenvalue weighted by Gasteiger charge is -2.29. The van der Waals surface area contributed by atoms with Gasteiger partial charge in [0.1, 0.15) is 0 Å². The Labute approximate surface area is 124 Å². The molecule has 1 atom stereocenters. The number of hydrogen-bond acceptors (Lipinski definition) is 4. The number of H-pyrrole nitrogens is 1. The Bertz CT molecular complexity index is 622. The van der Waals surface area contributed by atoms with Crippen LogP contribution in [-0.4, -0.2) is 49.2 Å². The number of aliphatic hydroxyl groups excluding tert-OH is 1. The molecule has 2 N–H and O–H groups in total. The van der Waals surface area contributed by atoms with Gasteiger partial charge in [-0.25, -0.2) is 0 Å². The first-order valence-corrected chi connectivity index (χ1v) is 6.94. The van der Waals surface area contributed by atoms with Crippen LogP contribution in [0.3, 0.4) is 0 Å².